The number of halogens is 1. The lowest BCUT2D eigenvalue weighted by atomic mass is 9.73. The molecule has 0 radical (unpaired) electrons. The standard InChI is InChI=1S/C21H28ClN3O2S/c1-19(2,3)25-16-11-17-21(9-10-21)12-18(20(16,4)13-23-25)24(17)28(26,27)15-7-5-14(22)6-8-15/h5-8,13,16-18H,9-12H2,1-4H3. The Labute approximate surface area is 172 Å². The molecule has 2 bridgehead atoms. The van der Waals surface area contributed by atoms with Gasteiger partial charge in [-0.1, -0.05) is 18.5 Å². The second-order valence-electron chi connectivity index (χ2n) is 10.3. The van der Waals surface area contributed by atoms with Crippen LogP contribution in [0.1, 0.15) is 53.4 Å². The zero-order valence-corrected chi connectivity index (χ0v) is 18.5. The first-order valence-corrected chi connectivity index (χ1v) is 11.9. The van der Waals surface area contributed by atoms with Crippen LogP contribution in [0.3, 0.4) is 0 Å². The fraction of sp³-hybridized carbons (Fsp3) is 0.667. The second kappa shape index (κ2) is 5.52. The highest BCUT2D eigenvalue weighted by atomic mass is 35.5. The Bertz CT molecular complexity index is 949. The van der Waals surface area contributed by atoms with Gasteiger partial charge >= 0.3 is 0 Å². The normalized spacial score (nSPS) is 36.2. The Morgan fingerprint density at radius 1 is 1.11 bits per heavy atom. The van der Waals surface area contributed by atoms with E-state index in [9.17, 15) is 8.42 Å². The van der Waals surface area contributed by atoms with Crippen molar-refractivity contribution in [3.8, 4) is 0 Å². The third-order valence-electron chi connectivity index (χ3n) is 7.53. The molecule has 152 valence electrons. The number of piperidine rings is 1. The van der Waals surface area contributed by atoms with Gasteiger partial charge in [-0.25, -0.2) is 8.42 Å². The van der Waals surface area contributed by atoms with Crippen LogP contribution in [0, 0.1) is 10.8 Å². The first kappa shape index (κ1) is 18.9. The highest BCUT2D eigenvalue weighted by Crippen LogP contribution is 2.67. The minimum Gasteiger partial charge on any atom is -0.288 e. The van der Waals surface area contributed by atoms with E-state index in [-0.39, 0.29) is 34.5 Å². The number of hydrazone groups is 1. The minimum absolute atomic E-state index is 0.0458. The molecule has 7 heteroatoms. The third-order valence-corrected chi connectivity index (χ3v) is 9.71. The summed E-state index contributed by atoms with van der Waals surface area (Å²) in [6, 6.07) is 6.86. The lowest BCUT2D eigenvalue weighted by Crippen LogP contribution is -2.62. The van der Waals surface area contributed by atoms with Crippen molar-refractivity contribution in [2.75, 3.05) is 0 Å². The summed E-state index contributed by atoms with van der Waals surface area (Å²) >= 11 is 6.00. The molecule has 3 fully saturated rings. The quantitative estimate of drug-likeness (QED) is 0.721. The Balaban J connectivity index is 1.59. The van der Waals surface area contributed by atoms with Crippen LogP contribution < -0.4 is 0 Å². The van der Waals surface area contributed by atoms with Crippen molar-refractivity contribution in [2.24, 2.45) is 15.9 Å². The first-order valence-electron chi connectivity index (χ1n) is 10.1. The summed E-state index contributed by atoms with van der Waals surface area (Å²) in [5.41, 5.74) is -0.184. The number of nitrogens with zero attached hydrogens (tertiary/aromatic N) is 3. The van der Waals surface area contributed by atoms with E-state index >= 15 is 0 Å². The zero-order chi connectivity index (χ0) is 20.1. The Hall–Kier alpha value is -1.11. The van der Waals surface area contributed by atoms with Gasteiger partial charge < -0.3 is 0 Å². The predicted molar refractivity (Wildman–Crippen MR) is 111 cm³/mol. The molecule has 1 aliphatic carbocycles. The average molecular weight is 422 g/mol. The lowest BCUT2D eigenvalue weighted by molar-refractivity contribution is -0.00134. The minimum atomic E-state index is -3.58. The second-order valence-corrected chi connectivity index (χ2v) is 12.5. The van der Waals surface area contributed by atoms with Crippen molar-refractivity contribution >= 4 is 27.8 Å². The molecule has 4 aliphatic rings. The van der Waals surface area contributed by atoms with E-state index < -0.39 is 10.0 Å². The van der Waals surface area contributed by atoms with Gasteiger partial charge in [0.05, 0.1) is 10.9 Å². The van der Waals surface area contributed by atoms with Crippen molar-refractivity contribution in [2.45, 2.75) is 81.9 Å². The third kappa shape index (κ3) is 2.40. The molecule has 4 atom stereocenters. The molecule has 5 nitrogen and oxygen atoms in total. The fourth-order valence-corrected chi connectivity index (χ4v) is 7.97. The van der Waals surface area contributed by atoms with Crippen LogP contribution in [0.25, 0.3) is 0 Å². The molecular formula is C21H28ClN3O2S. The van der Waals surface area contributed by atoms with E-state index in [1.165, 1.54) is 0 Å². The largest absolute Gasteiger partial charge is 0.288 e. The molecular weight excluding hydrogens is 394 g/mol. The topological polar surface area (TPSA) is 53.0 Å². The Kier molecular flexibility index (Phi) is 3.73. The Morgan fingerprint density at radius 2 is 1.75 bits per heavy atom. The maximum atomic E-state index is 13.7. The summed E-state index contributed by atoms with van der Waals surface area (Å²) in [6.07, 6.45) is 6.10. The molecule has 4 unspecified atom stereocenters. The number of fused-ring (bicyclic) bond motifs is 5. The van der Waals surface area contributed by atoms with Gasteiger partial charge in [0.2, 0.25) is 10.0 Å². The van der Waals surface area contributed by atoms with E-state index in [0.29, 0.717) is 9.92 Å². The number of hydrogen-bond acceptors (Lipinski definition) is 4. The number of sulfonamides is 1. The highest BCUT2D eigenvalue weighted by molar-refractivity contribution is 7.89. The van der Waals surface area contributed by atoms with Crippen LogP contribution in [-0.4, -0.2) is 47.6 Å². The van der Waals surface area contributed by atoms with Crippen LogP contribution >= 0.6 is 11.6 Å². The van der Waals surface area contributed by atoms with Crippen molar-refractivity contribution in [1.82, 2.24) is 9.31 Å². The van der Waals surface area contributed by atoms with Crippen LogP contribution in [0.15, 0.2) is 34.3 Å². The van der Waals surface area contributed by atoms with E-state index in [0.717, 1.165) is 25.7 Å². The maximum absolute atomic E-state index is 13.7. The molecule has 1 aromatic carbocycles. The van der Waals surface area contributed by atoms with Crippen molar-refractivity contribution < 1.29 is 8.42 Å². The molecule has 0 aromatic heterocycles. The van der Waals surface area contributed by atoms with E-state index in [4.69, 9.17) is 16.7 Å². The molecule has 28 heavy (non-hydrogen) atoms. The van der Waals surface area contributed by atoms with Gasteiger partial charge in [-0.2, -0.15) is 9.41 Å². The van der Waals surface area contributed by atoms with E-state index in [1.807, 2.05) is 10.5 Å². The van der Waals surface area contributed by atoms with Gasteiger partial charge in [0.1, 0.15) is 0 Å². The molecule has 3 aliphatic heterocycles. The molecule has 5 rings (SSSR count). The molecule has 2 saturated heterocycles. The zero-order valence-electron chi connectivity index (χ0n) is 16.9. The summed E-state index contributed by atoms with van der Waals surface area (Å²) in [7, 11) is -3.58. The molecule has 0 amide bonds. The number of rotatable bonds is 2. The van der Waals surface area contributed by atoms with E-state index in [1.54, 1.807) is 24.3 Å². The van der Waals surface area contributed by atoms with Gasteiger partial charge in [-0.15, -0.1) is 0 Å². The lowest BCUT2D eigenvalue weighted by Gasteiger charge is -2.50. The number of hydrogen-bond donors (Lipinski definition) is 0. The van der Waals surface area contributed by atoms with Gasteiger partial charge in [-0.3, -0.25) is 5.01 Å². The first-order chi connectivity index (χ1) is 13.0. The van der Waals surface area contributed by atoms with Crippen LogP contribution in [0.5, 0.6) is 0 Å². The fourth-order valence-electron chi connectivity index (χ4n) is 5.84. The molecule has 1 saturated carbocycles. The molecule has 1 aromatic rings. The highest BCUT2D eigenvalue weighted by Gasteiger charge is 2.71. The van der Waals surface area contributed by atoms with E-state index in [2.05, 4.69) is 32.7 Å². The monoisotopic (exact) mass is 421 g/mol. The smallest absolute Gasteiger partial charge is 0.243 e. The van der Waals surface area contributed by atoms with Crippen LogP contribution in [0.2, 0.25) is 5.02 Å². The summed E-state index contributed by atoms with van der Waals surface area (Å²) in [5.74, 6) is 0. The molecule has 0 N–H and O–H groups in total. The van der Waals surface area contributed by atoms with Crippen molar-refractivity contribution in [1.29, 1.82) is 0 Å². The SMILES string of the molecule is CC12C=NN(C(C)(C)C)C1CC1N(S(=O)(=O)c3ccc(Cl)cc3)C2CC12CC2. The van der Waals surface area contributed by atoms with Crippen molar-refractivity contribution in [3.05, 3.63) is 29.3 Å². The molecule has 3 heterocycles. The molecule has 1 spiro atoms. The summed E-state index contributed by atoms with van der Waals surface area (Å²) < 4.78 is 29.3. The average Bonchev–Trinajstić information content (AvgIpc) is 3.19. The summed E-state index contributed by atoms with van der Waals surface area (Å²) in [4.78, 5) is 0.342. The van der Waals surface area contributed by atoms with Crippen LogP contribution in [0.4, 0.5) is 0 Å². The van der Waals surface area contributed by atoms with Gasteiger partial charge in [-0.05, 0) is 76.1 Å². The van der Waals surface area contributed by atoms with Crippen molar-refractivity contribution in [3.63, 3.8) is 0 Å². The predicted octanol–water partition coefficient (Wildman–Crippen LogP) is 4.13. The van der Waals surface area contributed by atoms with Gasteiger partial charge in [0.15, 0.2) is 0 Å². The summed E-state index contributed by atoms with van der Waals surface area (Å²) in [5, 5.41) is 7.55. The number of benzene rings is 1. The maximum Gasteiger partial charge on any atom is 0.243 e. The summed E-state index contributed by atoms with van der Waals surface area (Å²) in [6.45, 7) is 8.75. The Morgan fingerprint density at radius 3 is 2.32 bits per heavy atom. The van der Waals surface area contributed by atoms with Crippen LogP contribution in [-0.2, 0) is 10.0 Å². The van der Waals surface area contributed by atoms with Gasteiger partial charge in [0.25, 0.3) is 0 Å². The van der Waals surface area contributed by atoms with Gasteiger partial charge in [0, 0.05) is 34.3 Å².